The normalized spacial score (nSPS) is 21.2. The predicted molar refractivity (Wildman–Crippen MR) is 105 cm³/mol. The third-order valence-corrected chi connectivity index (χ3v) is 5.30. The maximum absolute atomic E-state index is 14.4. The fraction of sp³-hybridized carbons (Fsp3) is 0.318. The van der Waals surface area contributed by atoms with E-state index in [2.05, 4.69) is 26.3 Å². The summed E-state index contributed by atoms with van der Waals surface area (Å²) in [6, 6.07) is 11.1. The molecule has 1 aliphatic rings. The molecule has 1 aliphatic carbocycles. The van der Waals surface area contributed by atoms with E-state index in [0.717, 1.165) is 16.8 Å². The molecule has 0 bridgehead atoms. The molecule has 4 rings (SSSR count). The van der Waals surface area contributed by atoms with Crippen LogP contribution >= 0.6 is 0 Å². The number of benzene rings is 1. The van der Waals surface area contributed by atoms with Crippen LogP contribution in [0.4, 0.5) is 14.7 Å². The summed E-state index contributed by atoms with van der Waals surface area (Å²) in [6.07, 6.45) is 3.05. The highest BCUT2D eigenvalue weighted by Crippen LogP contribution is 2.45. The zero-order valence-electron chi connectivity index (χ0n) is 15.9. The quantitative estimate of drug-likeness (QED) is 0.692. The third-order valence-electron chi connectivity index (χ3n) is 5.30. The lowest BCUT2D eigenvalue weighted by atomic mass is 9.65. The molecule has 0 aliphatic heterocycles. The van der Waals surface area contributed by atoms with Crippen LogP contribution in [0.15, 0.2) is 48.8 Å². The molecule has 1 N–H and O–H groups in total. The van der Waals surface area contributed by atoms with Crippen molar-refractivity contribution in [2.75, 3.05) is 11.9 Å². The van der Waals surface area contributed by atoms with Crippen LogP contribution in [0.5, 0.6) is 0 Å². The van der Waals surface area contributed by atoms with E-state index in [1.54, 1.807) is 18.5 Å². The van der Waals surface area contributed by atoms with Crippen LogP contribution in [0.2, 0.25) is 0 Å². The van der Waals surface area contributed by atoms with Gasteiger partial charge in [0.05, 0.1) is 5.69 Å². The van der Waals surface area contributed by atoms with Crippen LogP contribution in [0.3, 0.4) is 0 Å². The van der Waals surface area contributed by atoms with Crippen LogP contribution in [-0.4, -0.2) is 27.7 Å². The Balaban J connectivity index is 1.51. The second-order valence-corrected chi connectivity index (χ2v) is 7.59. The lowest BCUT2D eigenvalue weighted by molar-refractivity contribution is 0.0962. The first-order valence-electron chi connectivity index (χ1n) is 9.36. The summed E-state index contributed by atoms with van der Waals surface area (Å²) in [5, 5.41) is 3.15. The van der Waals surface area contributed by atoms with Crippen molar-refractivity contribution in [3.05, 3.63) is 71.6 Å². The van der Waals surface area contributed by atoms with Gasteiger partial charge in [-0.05, 0) is 44.4 Å². The number of rotatable bonds is 5. The first-order valence-corrected chi connectivity index (χ1v) is 9.36. The van der Waals surface area contributed by atoms with Gasteiger partial charge in [-0.2, -0.15) is 0 Å². The average Bonchev–Trinajstić information content (AvgIpc) is 2.67. The molecule has 2 aromatic heterocycles. The van der Waals surface area contributed by atoms with Gasteiger partial charge in [-0.25, -0.2) is 18.7 Å². The highest BCUT2D eigenvalue weighted by atomic mass is 19.1. The van der Waals surface area contributed by atoms with E-state index in [1.807, 2.05) is 32.0 Å². The molecular weight excluding hydrogens is 358 g/mol. The fourth-order valence-electron chi connectivity index (χ4n) is 3.76. The number of nitrogens with one attached hydrogen (secondary N) is 1. The number of alkyl halides is 1. The largest absolute Gasteiger partial charge is 0.353 e. The molecule has 0 atom stereocenters. The second kappa shape index (κ2) is 7.26. The average molecular weight is 380 g/mol. The predicted octanol–water partition coefficient (Wildman–Crippen LogP) is 4.78. The second-order valence-electron chi connectivity index (χ2n) is 7.59. The molecule has 1 saturated carbocycles. The maximum atomic E-state index is 14.4. The van der Waals surface area contributed by atoms with Gasteiger partial charge in [0, 0.05) is 35.6 Å². The van der Waals surface area contributed by atoms with E-state index in [0.29, 0.717) is 18.2 Å². The SMILES string of the molecule is Cc1cccc(-c2cnc(NCC3(c4nc(C)ccc4F)CC(F)C3)nc2)c1. The number of halogens is 2. The topological polar surface area (TPSA) is 50.7 Å². The van der Waals surface area contributed by atoms with Crippen molar-refractivity contribution in [3.63, 3.8) is 0 Å². The highest BCUT2D eigenvalue weighted by Gasteiger charge is 2.48. The van der Waals surface area contributed by atoms with Crippen LogP contribution in [-0.2, 0) is 5.41 Å². The number of hydrogen-bond donors (Lipinski definition) is 1. The first kappa shape index (κ1) is 18.5. The molecule has 1 fully saturated rings. The van der Waals surface area contributed by atoms with Gasteiger partial charge in [-0.3, -0.25) is 4.98 Å². The number of aromatic nitrogens is 3. The van der Waals surface area contributed by atoms with Crippen LogP contribution < -0.4 is 5.32 Å². The minimum Gasteiger partial charge on any atom is -0.353 e. The molecule has 0 amide bonds. The lowest BCUT2D eigenvalue weighted by Crippen LogP contribution is -2.49. The summed E-state index contributed by atoms with van der Waals surface area (Å²) in [5.74, 6) is 0.0427. The molecule has 0 radical (unpaired) electrons. The van der Waals surface area contributed by atoms with Gasteiger partial charge >= 0.3 is 0 Å². The molecule has 3 aromatic rings. The van der Waals surface area contributed by atoms with Crippen molar-refractivity contribution in [1.82, 2.24) is 15.0 Å². The molecule has 4 nitrogen and oxygen atoms in total. The summed E-state index contributed by atoms with van der Waals surface area (Å²) in [5.41, 5.74) is 3.51. The van der Waals surface area contributed by atoms with Gasteiger partial charge in [0.15, 0.2) is 0 Å². The first-order chi connectivity index (χ1) is 13.4. The molecule has 6 heteroatoms. The Kier molecular flexibility index (Phi) is 4.79. The summed E-state index contributed by atoms with van der Waals surface area (Å²) in [4.78, 5) is 13.1. The van der Waals surface area contributed by atoms with E-state index < -0.39 is 17.4 Å². The zero-order valence-corrected chi connectivity index (χ0v) is 15.9. The number of nitrogens with zero attached hydrogens (tertiary/aromatic N) is 3. The monoisotopic (exact) mass is 380 g/mol. The number of anilines is 1. The fourth-order valence-corrected chi connectivity index (χ4v) is 3.76. The van der Waals surface area contributed by atoms with Gasteiger partial charge in [-0.15, -0.1) is 0 Å². The van der Waals surface area contributed by atoms with Crippen LogP contribution in [0, 0.1) is 19.7 Å². The summed E-state index contributed by atoms with van der Waals surface area (Å²) >= 11 is 0. The number of pyridine rings is 1. The summed E-state index contributed by atoms with van der Waals surface area (Å²) < 4.78 is 28.1. The highest BCUT2D eigenvalue weighted by molar-refractivity contribution is 5.62. The van der Waals surface area contributed by atoms with Crippen molar-refractivity contribution >= 4 is 5.95 Å². The molecule has 144 valence electrons. The van der Waals surface area contributed by atoms with Gasteiger partial charge in [0.1, 0.15) is 12.0 Å². The Morgan fingerprint density at radius 3 is 2.50 bits per heavy atom. The molecule has 0 spiro atoms. The van der Waals surface area contributed by atoms with E-state index >= 15 is 0 Å². The van der Waals surface area contributed by atoms with Crippen molar-refractivity contribution in [1.29, 1.82) is 0 Å². The molecule has 0 unspecified atom stereocenters. The van der Waals surface area contributed by atoms with Crippen molar-refractivity contribution in [3.8, 4) is 11.1 Å². The minimum absolute atomic E-state index is 0.245. The minimum atomic E-state index is -0.937. The molecule has 2 heterocycles. The number of aryl methyl sites for hydroxylation is 2. The molecular formula is C22H22F2N4. The Hall–Kier alpha value is -2.89. The Bertz CT molecular complexity index is 982. The number of hydrogen-bond acceptors (Lipinski definition) is 4. The van der Waals surface area contributed by atoms with Crippen LogP contribution in [0.25, 0.3) is 11.1 Å². The smallest absolute Gasteiger partial charge is 0.222 e. The third kappa shape index (κ3) is 3.59. The van der Waals surface area contributed by atoms with Gasteiger partial charge < -0.3 is 5.32 Å². The zero-order chi connectivity index (χ0) is 19.7. The van der Waals surface area contributed by atoms with Crippen molar-refractivity contribution < 1.29 is 8.78 Å². The summed E-state index contributed by atoms with van der Waals surface area (Å²) in [7, 11) is 0. The standard InChI is InChI=1S/C22H22F2N4/c1-14-4-3-5-16(8-14)17-11-25-21(26-12-17)27-13-22(9-18(23)10-22)20-19(24)7-6-15(2)28-20/h3-8,11-12,18H,9-10,13H2,1-2H3,(H,25,26,27). The molecule has 0 saturated heterocycles. The van der Waals surface area contributed by atoms with Gasteiger partial charge in [-0.1, -0.05) is 29.8 Å². The van der Waals surface area contributed by atoms with Crippen molar-refractivity contribution in [2.45, 2.75) is 38.3 Å². The lowest BCUT2D eigenvalue weighted by Gasteiger charge is -2.44. The van der Waals surface area contributed by atoms with E-state index in [9.17, 15) is 8.78 Å². The van der Waals surface area contributed by atoms with Crippen LogP contribution in [0.1, 0.15) is 29.8 Å². The Morgan fingerprint density at radius 1 is 1.07 bits per heavy atom. The maximum Gasteiger partial charge on any atom is 0.222 e. The Morgan fingerprint density at radius 2 is 1.82 bits per heavy atom. The summed E-state index contributed by atoms with van der Waals surface area (Å²) in [6.45, 7) is 4.18. The van der Waals surface area contributed by atoms with Crippen molar-refractivity contribution in [2.24, 2.45) is 0 Å². The van der Waals surface area contributed by atoms with Gasteiger partial charge in [0.2, 0.25) is 5.95 Å². The molecule has 28 heavy (non-hydrogen) atoms. The van der Waals surface area contributed by atoms with E-state index in [-0.39, 0.29) is 12.8 Å². The Labute approximate surface area is 163 Å². The van der Waals surface area contributed by atoms with E-state index in [1.165, 1.54) is 11.6 Å². The van der Waals surface area contributed by atoms with E-state index in [4.69, 9.17) is 0 Å². The van der Waals surface area contributed by atoms with Gasteiger partial charge in [0.25, 0.3) is 0 Å². The molecule has 1 aromatic carbocycles.